The van der Waals surface area contributed by atoms with Crippen molar-refractivity contribution < 1.29 is 4.42 Å². The van der Waals surface area contributed by atoms with Gasteiger partial charge in [-0.2, -0.15) is 0 Å². The molecule has 4 nitrogen and oxygen atoms in total. The topological polar surface area (TPSA) is 40.4 Å². The van der Waals surface area contributed by atoms with Gasteiger partial charge in [0.1, 0.15) is 5.76 Å². The molecule has 1 aromatic heterocycles. The summed E-state index contributed by atoms with van der Waals surface area (Å²) in [6.07, 6.45) is 6.61. The first-order valence-corrected chi connectivity index (χ1v) is 9.92. The van der Waals surface area contributed by atoms with E-state index in [0.717, 1.165) is 35.9 Å². The molecule has 2 fully saturated rings. The van der Waals surface area contributed by atoms with Gasteiger partial charge in [-0.25, -0.2) is 0 Å². The normalized spacial score (nSPS) is 25.2. The largest absolute Gasteiger partial charge is 0.468 e. The van der Waals surface area contributed by atoms with Crippen LogP contribution in [0.1, 0.15) is 42.6 Å². The average molecular weight is 370 g/mol. The van der Waals surface area contributed by atoms with Crippen molar-refractivity contribution in [3.8, 4) is 0 Å². The fourth-order valence-corrected chi connectivity index (χ4v) is 4.81. The van der Waals surface area contributed by atoms with Crippen molar-refractivity contribution in [2.45, 2.75) is 64.2 Å². The Balaban J connectivity index is 1.33. The monoisotopic (exact) mass is 369 g/mol. The first-order valence-electron chi connectivity index (χ1n) is 9.51. The molecule has 138 valence electrons. The van der Waals surface area contributed by atoms with Crippen molar-refractivity contribution >= 4 is 23.0 Å². The molecule has 4 rings (SSSR count). The maximum absolute atomic E-state index is 5.58. The lowest BCUT2D eigenvalue weighted by Gasteiger charge is -2.39. The van der Waals surface area contributed by atoms with Gasteiger partial charge in [-0.1, -0.05) is 17.7 Å². The fourth-order valence-electron chi connectivity index (χ4n) is 4.53. The molecule has 0 radical (unpaired) electrons. The van der Waals surface area contributed by atoms with Crippen LogP contribution in [0.25, 0.3) is 0 Å². The average Bonchev–Trinajstić information content (AvgIpc) is 3.18. The minimum Gasteiger partial charge on any atom is -0.468 e. The van der Waals surface area contributed by atoms with Crippen LogP contribution in [0.3, 0.4) is 0 Å². The second-order valence-electron chi connectivity index (χ2n) is 7.72. The Morgan fingerprint density at radius 3 is 2.62 bits per heavy atom. The molecule has 2 saturated heterocycles. The minimum atomic E-state index is 0.450. The molecule has 2 aliphatic heterocycles. The molecule has 0 aliphatic carbocycles. The van der Waals surface area contributed by atoms with Crippen LogP contribution in [-0.2, 0) is 6.54 Å². The van der Waals surface area contributed by atoms with E-state index in [1.165, 1.54) is 24.0 Å². The van der Waals surface area contributed by atoms with Gasteiger partial charge in [-0.15, -0.1) is 0 Å². The van der Waals surface area contributed by atoms with Gasteiger partial charge in [0, 0.05) is 23.8 Å². The summed E-state index contributed by atoms with van der Waals surface area (Å²) in [5.74, 6) is 1.07. The quantitative estimate of drug-likeness (QED) is 0.783. The summed E-state index contributed by atoms with van der Waals surface area (Å²) in [4.78, 5) is 2.62. The van der Waals surface area contributed by atoms with Crippen LogP contribution in [0, 0.1) is 13.8 Å². The highest BCUT2D eigenvalue weighted by molar-refractivity contribution is 7.80. The molecular weight excluding hydrogens is 342 g/mol. The van der Waals surface area contributed by atoms with Gasteiger partial charge in [0.2, 0.25) is 0 Å². The van der Waals surface area contributed by atoms with E-state index in [1.54, 1.807) is 6.26 Å². The van der Waals surface area contributed by atoms with Crippen molar-refractivity contribution in [2.24, 2.45) is 0 Å². The van der Waals surface area contributed by atoms with E-state index in [4.69, 9.17) is 16.6 Å². The van der Waals surface area contributed by atoms with Gasteiger partial charge in [-0.05, 0) is 75.5 Å². The lowest BCUT2D eigenvalue weighted by atomic mass is 9.97. The summed E-state index contributed by atoms with van der Waals surface area (Å²) in [6.45, 7) is 5.16. The van der Waals surface area contributed by atoms with E-state index in [9.17, 15) is 0 Å². The maximum atomic E-state index is 5.58. The minimum absolute atomic E-state index is 0.450. The first kappa shape index (κ1) is 17.6. The molecule has 0 amide bonds. The fraction of sp³-hybridized carbons (Fsp3) is 0.476. The summed E-state index contributed by atoms with van der Waals surface area (Å²) < 4.78 is 5.55. The van der Waals surface area contributed by atoms with Crippen LogP contribution in [0.15, 0.2) is 41.0 Å². The summed E-state index contributed by atoms with van der Waals surface area (Å²) in [5.41, 5.74) is 3.58. The maximum Gasteiger partial charge on any atom is 0.171 e. The van der Waals surface area contributed by atoms with Crippen LogP contribution < -0.4 is 10.6 Å². The number of thiocarbonyl (C=S) groups is 1. The lowest BCUT2D eigenvalue weighted by molar-refractivity contribution is 0.106. The number of anilines is 1. The molecule has 26 heavy (non-hydrogen) atoms. The Hall–Kier alpha value is -1.85. The standard InChI is InChI=1S/C21H27N3OS/c1-14-5-8-20(15(2)10-14)23-21(26)22-16-11-17-6-7-18(12-16)24(17)13-19-4-3-9-25-19/h3-5,8-10,16-18H,6-7,11-13H2,1-2H3,(H2,22,23,26)/t17-,18-/m0/s1. The van der Waals surface area contributed by atoms with Crippen molar-refractivity contribution in [2.75, 3.05) is 5.32 Å². The predicted molar refractivity (Wildman–Crippen MR) is 109 cm³/mol. The van der Waals surface area contributed by atoms with E-state index in [-0.39, 0.29) is 0 Å². The van der Waals surface area contributed by atoms with Gasteiger partial charge in [0.15, 0.2) is 5.11 Å². The number of aryl methyl sites for hydroxylation is 2. The Morgan fingerprint density at radius 2 is 1.96 bits per heavy atom. The van der Waals surface area contributed by atoms with E-state index >= 15 is 0 Å². The third-order valence-electron chi connectivity index (χ3n) is 5.77. The predicted octanol–water partition coefficient (Wildman–Crippen LogP) is 4.38. The van der Waals surface area contributed by atoms with E-state index < -0.39 is 0 Å². The molecule has 1 aromatic carbocycles. The molecule has 3 heterocycles. The summed E-state index contributed by atoms with van der Waals surface area (Å²) in [6, 6.07) is 12.2. The highest BCUT2D eigenvalue weighted by atomic mass is 32.1. The molecule has 0 spiro atoms. The van der Waals surface area contributed by atoms with E-state index in [0.29, 0.717) is 18.1 Å². The number of furan rings is 1. The van der Waals surface area contributed by atoms with Crippen molar-refractivity contribution in [3.63, 3.8) is 0 Å². The lowest BCUT2D eigenvalue weighted by Crippen LogP contribution is -2.50. The van der Waals surface area contributed by atoms with Gasteiger partial charge in [0.05, 0.1) is 12.8 Å². The number of rotatable bonds is 4. The van der Waals surface area contributed by atoms with Gasteiger partial charge in [-0.3, -0.25) is 4.90 Å². The Bertz CT molecular complexity index is 760. The van der Waals surface area contributed by atoms with Crippen molar-refractivity contribution in [3.05, 3.63) is 53.5 Å². The van der Waals surface area contributed by atoms with Crippen molar-refractivity contribution in [1.29, 1.82) is 0 Å². The molecule has 2 bridgehead atoms. The number of piperidine rings is 1. The van der Waals surface area contributed by atoms with Crippen molar-refractivity contribution in [1.82, 2.24) is 10.2 Å². The third-order valence-corrected chi connectivity index (χ3v) is 5.99. The summed E-state index contributed by atoms with van der Waals surface area (Å²) >= 11 is 5.58. The number of fused-ring (bicyclic) bond motifs is 2. The summed E-state index contributed by atoms with van der Waals surface area (Å²) in [5, 5.41) is 7.67. The zero-order chi connectivity index (χ0) is 18.1. The molecule has 0 unspecified atom stereocenters. The van der Waals surface area contributed by atoms with E-state index in [1.807, 2.05) is 6.07 Å². The molecule has 2 N–H and O–H groups in total. The van der Waals surface area contributed by atoms with Crippen LogP contribution >= 0.6 is 12.2 Å². The first-order chi connectivity index (χ1) is 12.6. The summed E-state index contributed by atoms with van der Waals surface area (Å²) in [7, 11) is 0. The number of hydrogen-bond acceptors (Lipinski definition) is 3. The van der Waals surface area contributed by atoms with Gasteiger partial charge in [0.25, 0.3) is 0 Å². The number of nitrogens with zero attached hydrogens (tertiary/aromatic N) is 1. The Kier molecular flexibility index (Phi) is 5.00. The molecular formula is C21H27N3OS. The Morgan fingerprint density at radius 1 is 1.19 bits per heavy atom. The molecule has 2 aliphatic rings. The molecule has 5 heteroatoms. The highest BCUT2D eigenvalue weighted by Crippen LogP contribution is 2.37. The molecule has 2 atom stereocenters. The SMILES string of the molecule is Cc1ccc(NC(=S)NC2C[C@@H]3CC[C@@H](C2)N3Cc2ccco2)c(C)c1. The second-order valence-corrected chi connectivity index (χ2v) is 8.13. The van der Waals surface area contributed by atoms with Gasteiger partial charge >= 0.3 is 0 Å². The van der Waals surface area contributed by atoms with Gasteiger partial charge < -0.3 is 15.1 Å². The van der Waals surface area contributed by atoms with Crippen LogP contribution in [0.5, 0.6) is 0 Å². The number of benzene rings is 1. The zero-order valence-corrected chi connectivity index (χ0v) is 16.3. The van der Waals surface area contributed by atoms with Crippen LogP contribution in [0.4, 0.5) is 5.69 Å². The smallest absolute Gasteiger partial charge is 0.171 e. The highest BCUT2D eigenvalue weighted by Gasteiger charge is 2.41. The number of hydrogen-bond donors (Lipinski definition) is 2. The van der Waals surface area contributed by atoms with E-state index in [2.05, 4.69) is 53.6 Å². The van der Waals surface area contributed by atoms with Crippen LogP contribution in [0.2, 0.25) is 0 Å². The zero-order valence-electron chi connectivity index (χ0n) is 15.5. The van der Waals surface area contributed by atoms with Crippen LogP contribution in [-0.4, -0.2) is 28.1 Å². The molecule has 0 saturated carbocycles. The third kappa shape index (κ3) is 3.79. The Labute approximate surface area is 161 Å². The molecule has 2 aromatic rings. The second kappa shape index (κ2) is 7.41. The number of nitrogens with one attached hydrogen (secondary N) is 2.